The van der Waals surface area contributed by atoms with Gasteiger partial charge in [-0.05, 0) is 48.9 Å². The first-order valence-corrected chi connectivity index (χ1v) is 10.2. The van der Waals surface area contributed by atoms with Gasteiger partial charge in [-0.3, -0.25) is 14.4 Å². The topological polar surface area (TPSA) is 86.6 Å². The molecule has 3 rings (SSSR count). The normalized spacial score (nSPS) is 10.5. The number of aromatic nitrogens is 1. The van der Waals surface area contributed by atoms with Crippen LogP contribution in [0, 0.1) is 6.92 Å². The van der Waals surface area contributed by atoms with Gasteiger partial charge in [-0.15, -0.1) is 0 Å². The summed E-state index contributed by atoms with van der Waals surface area (Å²) in [6, 6.07) is 13.9. The zero-order chi connectivity index (χ0) is 21.5. The minimum atomic E-state index is -0.381. The maximum absolute atomic E-state index is 12.3. The van der Waals surface area contributed by atoms with Gasteiger partial charge in [0.15, 0.2) is 0 Å². The van der Waals surface area contributed by atoms with Gasteiger partial charge in [0.2, 0.25) is 0 Å². The Morgan fingerprint density at radius 2 is 1.77 bits per heavy atom. The second-order valence-corrected chi connectivity index (χ2v) is 7.41. The zero-order valence-electron chi connectivity index (χ0n) is 16.7. The molecule has 0 atom stereocenters. The van der Waals surface area contributed by atoms with Crippen LogP contribution in [-0.4, -0.2) is 23.6 Å². The van der Waals surface area contributed by atoms with Gasteiger partial charge in [-0.1, -0.05) is 23.5 Å². The quantitative estimate of drug-likeness (QED) is 0.556. The molecule has 0 aliphatic heterocycles. The number of carbonyl (C=O) groups is 2. The standard InChI is InChI=1S/C22H22N2O5S/c1-15-14-30-22(27)24(15)12-11-20(25)29-13-16-3-5-17(6-4-16)21(26)23-18-7-9-19(28-2)10-8-18/h3-10,14H,11-13H2,1-2H3,(H,23,26). The number of methoxy groups -OCH3 is 1. The van der Waals surface area contributed by atoms with Gasteiger partial charge in [-0.2, -0.15) is 0 Å². The Kier molecular flexibility index (Phi) is 7.03. The molecule has 0 aliphatic carbocycles. The molecule has 1 amide bonds. The van der Waals surface area contributed by atoms with Crippen LogP contribution in [0.4, 0.5) is 5.69 Å². The van der Waals surface area contributed by atoms with Crippen LogP contribution in [0.5, 0.6) is 5.75 Å². The summed E-state index contributed by atoms with van der Waals surface area (Å²) in [5.41, 5.74) is 2.77. The number of benzene rings is 2. The van der Waals surface area contributed by atoms with E-state index in [4.69, 9.17) is 9.47 Å². The highest BCUT2D eigenvalue weighted by Gasteiger charge is 2.09. The summed E-state index contributed by atoms with van der Waals surface area (Å²) in [4.78, 5) is 35.9. The van der Waals surface area contributed by atoms with Crippen molar-refractivity contribution in [1.82, 2.24) is 4.57 Å². The molecule has 1 heterocycles. The number of aryl methyl sites for hydroxylation is 1. The fourth-order valence-electron chi connectivity index (χ4n) is 2.74. The molecule has 0 spiro atoms. The Morgan fingerprint density at radius 3 is 2.37 bits per heavy atom. The van der Waals surface area contributed by atoms with Crippen LogP contribution >= 0.6 is 11.3 Å². The lowest BCUT2D eigenvalue weighted by molar-refractivity contribution is -0.145. The number of thiazole rings is 1. The number of esters is 1. The molecular weight excluding hydrogens is 404 g/mol. The van der Waals surface area contributed by atoms with Crippen LogP contribution in [0.3, 0.4) is 0 Å². The Labute approximate surface area is 177 Å². The molecule has 8 heteroatoms. The van der Waals surface area contributed by atoms with Gasteiger partial charge in [0.25, 0.3) is 5.91 Å². The van der Waals surface area contributed by atoms with Gasteiger partial charge in [0, 0.05) is 28.9 Å². The van der Waals surface area contributed by atoms with Gasteiger partial charge < -0.3 is 19.4 Å². The molecule has 7 nitrogen and oxygen atoms in total. The lowest BCUT2D eigenvalue weighted by Crippen LogP contribution is -2.17. The van der Waals surface area contributed by atoms with Crippen molar-refractivity contribution in [2.75, 3.05) is 12.4 Å². The second kappa shape index (κ2) is 9.89. The van der Waals surface area contributed by atoms with Crippen molar-refractivity contribution < 1.29 is 19.1 Å². The van der Waals surface area contributed by atoms with Crippen molar-refractivity contribution >= 4 is 28.9 Å². The van der Waals surface area contributed by atoms with Crippen LogP contribution in [-0.2, 0) is 22.7 Å². The number of nitrogens with zero attached hydrogens (tertiary/aromatic N) is 1. The summed E-state index contributed by atoms with van der Waals surface area (Å²) in [5.74, 6) is 0.0959. The van der Waals surface area contributed by atoms with Gasteiger partial charge in [0.1, 0.15) is 12.4 Å². The molecule has 30 heavy (non-hydrogen) atoms. The van der Waals surface area contributed by atoms with E-state index in [0.717, 1.165) is 22.6 Å². The van der Waals surface area contributed by atoms with E-state index in [-0.39, 0.29) is 29.8 Å². The first-order chi connectivity index (χ1) is 14.5. The lowest BCUT2D eigenvalue weighted by Gasteiger charge is -2.08. The Morgan fingerprint density at radius 1 is 1.07 bits per heavy atom. The molecule has 2 aromatic carbocycles. The highest BCUT2D eigenvalue weighted by molar-refractivity contribution is 7.07. The van der Waals surface area contributed by atoms with Crippen molar-refractivity contribution in [3.8, 4) is 5.75 Å². The molecular formula is C22H22N2O5S. The minimum absolute atomic E-state index is 0.0798. The number of nitrogens with one attached hydrogen (secondary N) is 1. The predicted octanol–water partition coefficient (Wildman–Crippen LogP) is 3.61. The largest absolute Gasteiger partial charge is 0.497 e. The number of ether oxygens (including phenoxy) is 2. The van der Waals surface area contributed by atoms with Crippen molar-refractivity contribution in [3.05, 3.63) is 80.4 Å². The summed E-state index contributed by atoms with van der Waals surface area (Å²) >= 11 is 1.12. The van der Waals surface area contributed by atoms with Crippen molar-refractivity contribution in [2.24, 2.45) is 0 Å². The predicted molar refractivity (Wildman–Crippen MR) is 115 cm³/mol. The fraction of sp³-hybridized carbons (Fsp3) is 0.227. The number of carbonyl (C=O) groups excluding carboxylic acids is 2. The fourth-order valence-corrected chi connectivity index (χ4v) is 3.50. The number of amides is 1. The van der Waals surface area contributed by atoms with E-state index in [1.807, 2.05) is 6.92 Å². The van der Waals surface area contributed by atoms with Gasteiger partial charge in [-0.25, -0.2) is 0 Å². The molecule has 0 aliphatic rings. The van der Waals surface area contributed by atoms with Gasteiger partial charge in [0.05, 0.1) is 13.5 Å². The number of hydrogen-bond donors (Lipinski definition) is 1. The molecule has 0 saturated heterocycles. The summed E-state index contributed by atoms with van der Waals surface area (Å²) < 4.78 is 11.9. The average Bonchev–Trinajstić information content (AvgIpc) is 3.09. The van der Waals surface area contributed by atoms with Crippen LogP contribution < -0.4 is 14.9 Å². The van der Waals surface area contributed by atoms with E-state index in [1.54, 1.807) is 65.6 Å². The molecule has 3 aromatic rings. The first-order valence-electron chi connectivity index (χ1n) is 9.31. The molecule has 1 aromatic heterocycles. The molecule has 1 N–H and O–H groups in total. The third-order valence-corrected chi connectivity index (χ3v) is 5.36. The van der Waals surface area contributed by atoms with E-state index < -0.39 is 0 Å². The summed E-state index contributed by atoms with van der Waals surface area (Å²) in [7, 11) is 1.58. The maximum atomic E-state index is 12.3. The Balaban J connectivity index is 1.48. The molecule has 0 bridgehead atoms. The number of anilines is 1. The highest BCUT2D eigenvalue weighted by Crippen LogP contribution is 2.16. The molecule has 0 unspecified atom stereocenters. The summed E-state index contributed by atoms with van der Waals surface area (Å²) in [5, 5.41) is 4.58. The third kappa shape index (κ3) is 5.57. The average molecular weight is 426 g/mol. The van der Waals surface area contributed by atoms with Crippen molar-refractivity contribution in [3.63, 3.8) is 0 Å². The van der Waals surface area contributed by atoms with E-state index >= 15 is 0 Å². The SMILES string of the molecule is COc1ccc(NC(=O)c2ccc(COC(=O)CCn3c(C)csc3=O)cc2)cc1. The monoisotopic (exact) mass is 426 g/mol. The highest BCUT2D eigenvalue weighted by atomic mass is 32.1. The number of rotatable bonds is 8. The van der Waals surface area contributed by atoms with Gasteiger partial charge >= 0.3 is 10.8 Å². The maximum Gasteiger partial charge on any atom is 0.307 e. The van der Waals surface area contributed by atoms with Crippen LogP contribution in [0.2, 0.25) is 0 Å². The number of hydrogen-bond acceptors (Lipinski definition) is 6. The third-order valence-electron chi connectivity index (χ3n) is 4.48. The molecule has 156 valence electrons. The van der Waals surface area contributed by atoms with Crippen LogP contribution in [0.1, 0.15) is 28.0 Å². The minimum Gasteiger partial charge on any atom is -0.497 e. The zero-order valence-corrected chi connectivity index (χ0v) is 17.5. The Hall–Kier alpha value is -3.39. The van der Waals surface area contributed by atoms with E-state index in [9.17, 15) is 14.4 Å². The summed E-state index contributed by atoms with van der Waals surface area (Å²) in [6.07, 6.45) is 0.125. The smallest absolute Gasteiger partial charge is 0.307 e. The summed E-state index contributed by atoms with van der Waals surface area (Å²) in [6.45, 7) is 2.24. The second-order valence-electron chi connectivity index (χ2n) is 6.58. The van der Waals surface area contributed by atoms with Crippen molar-refractivity contribution in [2.45, 2.75) is 26.5 Å². The van der Waals surface area contributed by atoms with E-state index in [0.29, 0.717) is 23.5 Å². The van der Waals surface area contributed by atoms with Crippen molar-refractivity contribution in [1.29, 1.82) is 0 Å². The first kappa shape index (κ1) is 21.3. The van der Waals surface area contributed by atoms with Crippen LogP contribution in [0.15, 0.2) is 58.7 Å². The molecule has 0 saturated carbocycles. The lowest BCUT2D eigenvalue weighted by atomic mass is 10.1. The van der Waals surface area contributed by atoms with Crippen LogP contribution in [0.25, 0.3) is 0 Å². The molecule has 0 radical (unpaired) electrons. The van der Waals surface area contributed by atoms with E-state index in [1.165, 1.54) is 0 Å². The Bertz CT molecular complexity index is 1070. The molecule has 0 fully saturated rings. The van der Waals surface area contributed by atoms with E-state index in [2.05, 4.69) is 5.32 Å².